The van der Waals surface area contributed by atoms with Crippen LogP contribution in [-0.2, 0) is 10.2 Å². The Labute approximate surface area is 187 Å². The fraction of sp³-hybridized carbons (Fsp3) is 0.583. The number of aliphatic hydroxyl groups excluding tert-OH is 1. The number of ether oxygens (including phenoxy) is 1. The maximum absolute atomic E-state index is 13.0. The molecular formula is C24H32N4O4. The molecule has 3 N–H and O–H groups in total. The lowest BCUT2D eigenvalue weighted by Crippen LogP contribution is -2.69. The molecule has 3 amide bonds. The zero-order valence-corrected chi connectivity index (χ0v) is 18.8. The SMILES string of the molecule is CCCNC(=O)N1CC2(CN(C(=O)C3CCC3)C2)c2c([nH]c3cc(OC)ccc23)[C@@H]1CO. The second kappa shape index (κ2) is 7.99. The quantitative estimate of drug-likeness (QED) is 0.666. The normalized spacial score (nSPS) is 21.8. The molecule has 32 heavy (non-hydrogen) atoms. The van der Waals surface area contributed by atoms with Gasteiger partial charge < -0.3 is 29.9 Å². The molecular weight excluding hydrogens is 408 g/mol. The van der Waals surface area contributed by atoms with Crippen molar-refractivity contribution in [2.24, 2.45) is 5.92 Å². The zero-order valence-electron chi connectivity index (χ0n) is 18.8. The molecule has 0 radical (unpaired) electrons. The molecule has 1 aromatic heterocycles. The van der Waals surface area contributed by atoms with Crippen LogP contribution in [0.4, 0.5) is 4.79 Å². The third-order valence-electron chi connectivity index (χ3n) is 7.46. The third-order valence-corrected chi connectivity index (χ3v) is 7.46. The summed E-state index contributed by atoms with van der Waals surface area (Å²) in [4.78, 5) is 33.1. The first-order valence-corrected chi connectivity index (χ1v) is 11.7. The van der Waals surface area contributed by atoms with Crippen molar-refractivity contribution in [1.82, 2.24) is 20.1 Å². The number of methoxy groups -OCH3 is 1. The van der Waals surface area contributed by atoms with Gasteiger partial charge in [0.1, 0.15) is 5.75 Å². The molecule has 3 heterocycles. The van der Waals surface area contributed by atoms with E-state index in [0.29, 0.717) is 26.2 Å². The summed E-state index contributed by atoms with van der Waals surface area (Å²) in [6.45, 7) is 4.11. The smallest absolute Gasteiger partial charge is 0.318 e. The highest BCUT2D eigenvalue weighted by atomic mass is 16.5. The van der Waals surface area contributed by atoms with E-state index in [4.69, 9.17) is 4.74 Å². The number of carbonyl (C=O) groups excluding carboxylic acids is 2. The molecule has 1 saturated carbocycles. The van der Waals surface area contributed by atoms with E-state index >= 15 is 0 Å². The fourth-order valence-corrected chi connectivity index (χ4v) is 5.57. The Bertz CT molecular complexity index is 1040. The summed E-state index contributed by atoms with van der Waals surface area (Å²) in [6.07, 6.45) is 3.94. The molecule has 2 aromatic rings. The summed E-state index contributed by atoms with van der Waals surface area (Å²) in [7, 11) is 1.64. The number of fused-ring (bicyclic) bond motifs is 4. The Morgan fingerprint density at radius 1 is 1.28 bits per heavy atom. The van der Waals surface area contributed by atoms with Crippen LogP contribution in [0.25, 0.3) is 10.9 Å². The molecule has 8 heteroatoms. The van der Waals surface area contributed by atoms with E-state index in [0.717, 1.165) is 53.6 Å². The van der Waals surface area contributed by atoms with Crippen molar-refractivity contribution in [3.8, 4) is 5.75 Å². The number of urea groups is 1. The monoisotopic (exact) mass is 440 g/mol. The number of aromatic nitrogens is 1. The van der Waals surface area contributed by atoms with Crippen LogP contribution in [0.3, 0.4) is 0 Å². The Kier molecular flexibility index (Phi) is 5.28. The number of rotatable bonds is 5. The van der Waals surface area contributed by atoms with E-state index in [9.17, 15) is 14.7 Å². The average molecular weight is 441 g/mol. The second-order valence-electron chi connectivity index (χ2n) is 9.49. The minimum absolute atomic E-state index is 0.164. The van der Waals surface area contributed by atoms with Crippen LogP contribution in [0, 0.1) is 5.92 Å². The predicted molar refractivity (Wildman–Crippen MR) is 121 cm³/mol. The first-order chi connectivity index (χ1) is 15.5. The first kappa shape index (κ1) is 21.1. The lowest BCUT2D eigenvalue weighted by atomic mass is 9.68. The van der Waals surface area contributed by atoms with Crippen LogP contribution in [-0.4, -0.2) is 71.7 Å². The van der Waals surface area contributed by atoms with Gasteiger partial charge in [-0.05, 0) is 37.0 Å². The number of hydrogen-bond acceptors (Lipinski definition) is 4. The molecule has 2 fully saturated rings. The summed E-state index contributed by atoms with van der Waals surface area (Å²) < 4.78 is 5.40. The van der Waals surface area contributed by atoms with Crippen molar-refractivity contribution in [3.05, 3.63) is 29.5 Å². The van der Waals surface area contributed by atoms with E-state index in [1.807, 2.05) is 30.0 Å². The number of H-pyrrole nitrogens is 1. The van der Waals surface area contributed by atoms with Crippen molar-refractivity contribution in [2.45, 2.75) is 44.1 Å². The molecule has 1 saturated heterocycles. The van der Waals surface area contributed by atoms with Crippen molar-refractivity contribution in [1.29, 1.82) is 0 Å². The standard InChI is InChI=1S/C24H32N4O4/c1-3-9-25-23(31)28-14-24(12-27(13-24)22(30)15-5-4-6-15)20-17-8-7-16(32-2)10-18(17)26-21(20)19(28)11-29/h7-8,10,15,19,26,29H,3-6,9,11-14H2,1-2H3,(H,25,31)/t19-/m0/s1. The molecule has 1 aromatic carbocycles. The highest BCUT2D eigenvalue weighted by Gasteiger charge is 2.55. The summed E-state index contributed by atoms with van der Waals surface area (Å²) in [5.74, 6) is 1.16. The lowest BCUT2D eigenvalue weighted by Gasteiger charge is -2.56. The molecule has 1 atom stereocenters. The van der Waals surface area contributed by atoms with Gasteiger partial charge in [-0.1, -0.05) is 13.3 Å². The van der Waals surface area contributed by atoms with Gasteiger partial charge in [0, 0.05) is 54.8 Å². The van der Waals surface area contributed by atoms with Gasteiger partial charge in [-0.25, -0.2) is 4.79 Å². The Balaban J connectivity index is 1.55. The maximum Gasteiger partial charge on any atom is 0.318 e. The highest BCUT2D eigenvalue weighted by molar-refractivity contribution is 5.90. The van der Waals surface area contributed by atoms with Gasteiger partial charge in [0.15, 0.2) is 0 Å². The van der Waals surface area contributed by atoms with E-state index < -0.39 is 6.04 Å². The topological polar surface area (TPSA) is 97.9 Å². The minimum atomic E-state index is -0.456. The second-order valence-corrected chi connectivity index (χ2v) is 9.49. The van der Waals surface area contributed by atoms with Gasteiger partial charge in [-0.3, -0.25) is 4.79 Å². The highest BCUT2D eigenvalue weighted by Crippen LogP contribution is 2.49. The van der Waals surface area contributed by atoms with Gasteiger partial charge in [-0.15, -0.1) is 0 Å². The number of likely N-dealkylation sites (tertiary alicyclic amines) is 1. The fourth-order valence-electron chi connectivity index (χ4n) is 5.57. The minimum Gasteiger partial charge on any atom is -0.497 e. The number of amides is 3. The van der Waals surface area contributed by atoms with Crippen LogP contribution in [0.1, 0.15) is 49.9 Å². The van der Waals surface area contributed by atoms with Crippen molar-refractivity contribution in [2.75, 3.05) is 39.9 Å². The van der Waals surface area contributed by atoms with E-state index in [-0.39, 0.29) is 29.9 Å². The summed E-state index contributed by atoms with van der Waals surface area (Å²) in [5, 5.41) is 14.3. The van der Waals surface area contributed by atoms with Crippen molar-refractivity contribution in [3.63, 3.8) is 0 Å². The van der Waals surface area contributed by atoms with Crippen molar-refractivity contribution < 1.29 is 19.4 Å². The third kappa shape index (κ3) is 3.15. The Morgan fingerprint density at radius 3 is 2.69 bits per heavy atom. The number of hydrogen-bond donors (Lipinski definition) is 3. The van der Waals surface area contributed by atoms with Gasteiger partial charge >= 0.3 is 6.03 Å². The summed E-state index contributed by atoms with van der Waals surface area (Å²) in [5.41, 5.74) is 2.58. The maximum atomic E-state index is 13.0. The van der Waals surface area contributed by atoms with Crippen LogP contribution < -0.4 is 10.1 Å². The Hall–Kier alpha value is -2.74. The predicted octanol–water partition coefficient (Wildman–Crippen LogP) is 2.53. The Morgan fingerprint density at radius 2 is 2.06 bits per heavy atom. The molecule has 1 spiro atoms. The number of aliphatic hydroxyl groups is 1. The molecule has 0 unspecified atom stereocenters. The van der Waals surface area contributed by atoms with E-state index in [2.05, 4.69) is 10.3 Å². The van der Waals surface area contributed by atoms with Crippen LogP contribution >= 0.6 is 0 Å². The molecule has 2 aliphatic heterocycles. The first-order valence-electron chi connectivity index (χ1n) is 11.7. The number of carbonyl (C=O) groups is 2. The zero-order chi connectivity index (χ0) is 22.5. The van der Waals surface area contributed by atoms with Crippen LogP contribution in [0.15, 0.2) is 18.2 Å². The number of aromatic amines is 1. The van der Waals surface area contributed by atoms with E-state index in [1.54, 1.807) is 12.0 Å². The number of benzene rings is 1. The molecule has 0 bridgehead atoms. The molecule has 5 rings (SSSR count). The number of nitrogens with zero attached hydrogens (tertiary/aromatic N) is 2. The summed E-state index contributed by atoms with van der Waals surface area (Å²) in [6, 6.07) is 5.31. The van der Waals surface area contributed by atoms with Crippen LogP contribution in [0.5, 0.6) is 5.75 Å². The lowest BCUT2D eigenvalue weighted by molar-refractivity contribution is -0.147. The molecule has 172 valence electrons. The largest absolute Gasteiger partial charge is 0.497 e. The van der Waals surface area contributed by atoms with Gasteiger partial charge in [0.25, 0.3) is 0 Å². The van der Waals surface area contributed by atoms with Gasteiger partial charge in [0.05, 0.1) is 25.2 Å². The van der Waals surface area contributed by atoms with Gasteiger partial charge in [-0.2, -0.15) is 0 Å². The molecule has 3 aliphatic rings. The van der Waals surface area contributed by atoms with Gasteiger partial charge in [0.2, 0.25) is 5.91 Å². The molecule has 8 nitrogen and oxygen atoms in total. The van der Waals surface area contributed by atoms with Crippen LogP contribution in [0.2, 0.25) is 0 Å². The average Bonchev–Trinajstić information content (AvgIpc) is 3.12. The summed E-state index contributed by atoms with van der Waals surface area (Å²) >= 11 is 0. The number of nitrogens with one attached hydrogen (secondary N) is 2. The van der Waals surface area contributed by atoms with Crippen molar-refractivity contribution >= 4 is 22.8 Å². The van der Waals surface area contributed by atoms with E-state index in [1.165, 1.54) is 0 Å². The molecule has 1 aliphatic carbocycles.